The lowest BCUT2D eigenvalue weighted by Gasteiger charge is -2.21. The van der Waals surface area contributed by atoms with E-state index in [0.29, 0.717) is 0 Å². The first-order valence-electron chi connectivity index (χ1n) is 13.8. The molecule has 0 saturated heterocycles. The van der Waals surface area contributed by atoms with E-state index < -0.39 is 0 Å². The average molecular weight is 512 g/mol. The van der Waals surface area contributed by atoms with Gasteiger partial charge in [-0.05, 0) is 84.6 Å². The maximum atomic E-state index is 4.39. The third kappa shape index (κ3) is 8.65. The second-order valence-corrected chi connectivity index (χ2v) is 9.53. The zero-order chi connectivity index (χ0) is 27.9. The smallest absolute Gasteiger partial charge is 0.0346 e. The van der Waals surface area contributed by atoms with Gasteiger partial charge in [-0.25, -0.2) is 0 Å². The van der Waals surface area contributed by atoms with Crippen LogP contribution >= 0.6 is 0 Å². The normalized spacial score (nSPS) is 18.4. The Morgan fingerprint density at radius 3 is 2.41 bits per heavy atom. The van der Waals surface area contributed by atoms with E-state index in [-0.39, 0.29) is 0 Å². The molecule has 39 heavy (non-hydrogen) atoms. The molecule has 0 spiro atoms. The highest BCUT2D eigenvalue weighted by molar-refractivity contribution is 5.74. The van der Waals surface area contributed by atoms with Crippen molar-refractivity contribution in [3.05, 3.63) is 179 Å². The molecular weight excluding hydrogens is 470 g/mol. The van der Waals surface area contributed by atoms with Crippen LogP contribution in [0.4, 0.5) is 0 Å². The van der Waals surface area contributed by atoms with E-state index in [2.05, 4.69) is 130 Å². The molecule has 0 unspecified atom stereocenters. The Morgan fingerprint density at radius 1 is 0.949 bits per heavy atom. The first-order valence-corrected chi connectivity index (χ1v) is 13.8. The summed E-state index contributed by atoms with van der Waals surface area (Å²) in [5, 5.41) is 0. The van der Waals surface area contributed by atoms with Gasteiger partial charge in [-0.15, -0.1) is 0 Å². The number of allylic oxidation sites excluding steroid dienone is 18. The van der Waals surface area contributed by atoms with Gasteiger partial charge >= 0.3 is 0 Å². The lowest BCUT2D eigenvalue weighted by atomic mass is 9.83. The minimum atomic E-state index is 0.801. The van der Waals surface area contributed by atoms with Crippen LogP contribution < -0.4 is 0 Å². The SMILES string of the molecule is C=C/C=C\C(C(=C)C)=C(/C1=CC/C=C(c2cccnc2)\C=C/C/C=C\1)C(/C=C\C)=C(CC)Cc1ccccc1. The molecule has 0 radical (unpaired) electrons. The van der Waals surface area contributed by atoms with Crippen molar-refractivity contribution < 1.29 is 0 Å². The van der Waals surface area contributed by atoms with Crippen LogP contribution in [0.5, 0.6) is 0 Å². The second-order valence-electron chi connectivity index (χ2n) is 9.53. The Morgan fingerprint density at radius 2 is 1.74 bits per heavy atom. The van der Waals surface area contributed by atoms with Crippen molar-refractivity contribution >= 4 is 5.57 Å². The summed E-state index contributed by atoms with van der Waals surface area (Å²) in [5.74, 6) is 0. The first kappa shape index (κ1) is 29.3. The van der Waals surface area contributed by atoms with Gasteiger partial charge in [-0.1, -0.05) is 134 Å². The molecule has 0 fully saturated rings. The van der Waals surface area contributed by atoms with Crippen LogP contribution in [0.25, 0.3) is 5.57 Å². The van der Waals surface area contributed by atoms with Gasteiger partial charge in [-0.2, -0.15) is 0 Å². The highest BCUT2D eigenvalue weighted by Gasteiger charge is 2.17. The van der Waals surface area contributed by atoms with Gasteiger partial charge in [0.2, 0.25) is 0 Å². The van der Waals surface area contributed by atoms with E-state index in [1.165, 1.54) is 33.4 Å². The van der Waals surface area contributed by atoms with Crippen LogP contribution in [0.15, 0.2) is 168 Å². The summed E-state index contributed by atoms with van der Waals surface area (Å²) in [6, 6.07) is 14.8. The van der Waals surface area contributed by atoms with Gasteiger partial charge in [0.25, 0.3) is 0 Å². The first-order chi connectivity index (χ1) is 19.1. The minimum absolute atomic E-state index is 0.801. The molecule has 1 aliphatic carbocycles. The van der Waals surface area contributed by atoms with Crippen molar-refractivity contribution in [2.24, 2.45) is 0 Å². The third-order valence-electron chi connectivity index (χ3n) is 6.62. The highest BCUT2D eigenvalue weighted by Crippen LogP contribution is 2.34. The molecule has 0 atom stereocenters. The van der Waals surface area contributed by atoms with Crippen molar-refractivity contribution in [2.45, 2.75) is 46.5 Å². The van der Waals surface area contributed by atoms with Gasteiger partial charge in [0.1, 0.15) is 0 Å². The Bertz CT molecular complexity index is 1370. The Hall–Kier alpha value is -4.23. The van der Waals surface area contributed by atoms with E-state index in [1.807, 2.05) is 30.6 Å². The number of benzene rings is 1. The maximum absolute atomic E-state index is 4.39. The van der Waals surface area contributed by atoms with E-state index in [1.54, 1.807) is 0 Å². The fourth-order valence-corrected chi connectivity index (χ4v) is 4.71. The Labute approximate surface area is 236 Å². The van der Waals surface area contributed by atoms with Crippen LogP contribution in [0.1, 0.15) is 51.2 Å². The topological polar surface area (TPSA) is 12.9 Å². The maximum Gasteiger partial charge on any atom is 0.0346 e. The Kier molecular flexibility index (Phi) is 12.0. The molecule has 1 aromatic heterocycles. The fourth-order valence-electron chi connectivity index (χ4n) is 4.71. The quantitative estimate of drug-likeness (QED) is 0.289. The standard InChI is InChI=1S/C38H41N/c1-6-9-26-36(30(4)5)38(37(18-7-2)32(8-3)28-31-19-12-10-13-20-31)34-22-15-11-14-21-33(23-16-24-34)35-25-17-27-39-29-35/h6-7,9-10,12-15,17-27,29H,1,4,8,11,16,28H2,2-3,5H3/b18-7-,21-14-,22-15-,26-9-,33-23+,34-24?,37-32?,38-36-. The predicted octanol–water partition coefficient (Wildman–Crippen LogP) is 10.4. The number of nitrogens with zero attached hydrogens (tertiary/aromatic N) is 1. The lowest BCUT2D eigenvalue weighted by Crippen LogP contribution is -2.03. The van der Waals surface area contributed by atoms with E-state index in [4.69, 9.17) is 0 Å². The summed E-state index contributed by atoms with van der Waals surface area (Å²) in [5.41, 5.74) is 10.9. The summed E-state index contributed by atoms with van der Waals surface area (Å²) in [6.07, 6.45) is 31.2. The molecule has 1 aliphatic rings. The molecule has 0 bridgehead atoms. The van der Waals surface area contributed by atoms with E-state index in [0.717, 1.165) is 42.4 Å². The molecule has 3 rings (SSSR count). The van der Waals surface area contributed by atoms with Crippen LogP contribution in [0.2, 0.25) is 0 Å². The summed E-state index contributed by atoms with van der Waals surface area (Å²) >= 11 is 0. The zero-order valence-corrected chi connectivity index (χ0v) is 23.7. The molecule has 0 saturated carbocycles. The van der Waals surface area contributed by atoms with Crippen LogP contribution in [0.3, 0.4) is 0 Å². The van der Waals surface area contributed by atoms with Crippen molar-refractivity contribution in [1.29, 1.82) is 0 Å². The fraction of sp³-hybridized carbons (Fsp3) is 0.184. The molecule has 198 valence electrons. The molecule has 0 aliphatic heterocycles. The molecule has 0 amide bonds. The van der Waals surface area contributed by atoms with Crippen LogP contribution in [0, 0.1) is 0 Å². The molecule has 1 nitrogen and oxygen atoms in total. The largest absolute Gasteiger partial charge is 0.264 e. The van der Waals surface area contributed by atoms with E-state index >= 15 is 0 Å². The summed E-state index contributed by atoms with van der Waals surface area (Å²) in [4.78, 5) is 4.33. The summed E-state index contributed by atoms with van der Waals surface area (Å²) in [7, 11) is 0. The molecular formula is C38H41N. The summed E-state index contributed by atoms with van der Waals surface area (Å²) in [6.45, 7) is 14.8. The van der Waals surface area contributed by atoms with Crippen molar-refractivity contribution in [1.82, 2.24) is 4.98 Å². The average Bonchev–Trinajstić information content (AvgIpc) is 2.96. The molecule has 1 heterocycles. The summed E-state index contributed by atoms with van der Waals surface area (Å²) < 4.78 is 0. The van der Waals surface area contributed by atoms with Crippen molar-refractivity contribution in [3.8, 4) is 0 Å². The van der Waals surface area contributed by atoms with Gasteiger partial charge in [0, 0.05) is 12.4 Å². The second kappa shape index (κ2) is 15.9. The Balaban J connectivity index is 2.26. The van der Waals surface area contributed by atoms with Crippen molar-refractivity contribution in [2.75, 3.05) is 0 Å². The van der Waals surface area contributed by atoms with Crippen LogP contribution in [-0.2, 0) is 6.42 Å². The molecule has 1 heteroatoms. The number of aromatic nitrogens is 1. The number of hydrogen-bond donors (Lipinski definition) is 0. The third-order valence-corrected chi connectivity index (χ3v) is 6.62. The van der Waals surface area contributed by atoms with Gasteiger partial charge in [-0.3, -0.25) is 4.98 Å². The lowest BCUT2D eigenvalue weighted by molar-refractivity contribution is 0.983. The number of rotatable bonds is 10. The van der Waals surface area contributed by atoms with Gasteiger partial charge in [0.05, 0.1) is 0 Å². The number of hydrogen-bond acceptors (Lipinski definition) is 1. The van der Waals surface area contributed by atoms with E-state index in [9.17, 15) is 0 Å². The van der Waals surface area contributed by atoms with Gasteiger partial charge in [0.15, 0.2) is 0 Å². The molecule has 0 N–H and O–H groups in total. The predicted molar refractivity (Wildman–Crippen MR) is 171 cm³/mol. The van der Waals surface area contributed by atoms with Gasteiger partial charge < -0.3 is 0 Å². The monoisotopic (exact) mass is 511 g/mol. The zero-order valence-electron chi connectivity index (χ0n) is 23.7. The minimum Gasteiger partial charge on any atom is -0.264 e. The molecule has 1 aromatic carbocycles. The highest BCUT2D eigenvalue weighted by atomic mass is 14.6. The van der Waals surface area contributed by atoms with Crippen molar-refractivity contribution in [3.63, 3.8) is 0 Å². The number of pyridine rings is 1. The van der Waals surface area contributed by atoms with Crippen LogP contribution in [-0.4, -0.2) is 4.98 Å². The molecule has 2 aromatic rings.